The first kappa shape index (κ1) is 12.6. The Balaban J connectivity index is 1.97. The van der Waals surface area contributed by atoms with Crippen molar-refractivity contribution in [3.8, 4) is 0 Å². The second-order valence-electron chi connectivity index (χ2n) is 5.26. The highest BCUT2D eigenvalue weighted by Gasteiger charge is 2.41. The van der Waals surface area contributed by atoms with Crippen molar-refractivity contribution in [3.05, 3.63) is 0 Å². The summed E-state index contributed by atoms with van der Waals surface area (Å²) in [4.78, 5) is 25.4. The van der Waals surface area contributed by atoms with E-state index >= 15 is 0 Å². The molecule has 2 aliphatic rings. The molecule has 2 amide bonds. The van der Waals surface area contributed by atoms with E-state index in [1.807, 2.05) is 13.8 Å². The Morgan fingerprint density at radius 3 is 2.59 bits per heavy atom. The molecule has 96 valence electrons. The zero-order valence-corrected chi connectivity index (χ0v) is 10.7. The summed E-state index contributed by atoms with van der Waals surface area (Å²) in [6.45, 7) is 3.94. The Kier molecular flexibility index (Phi) is 3.82. The molecule has 0 aromatic rings. The third-order valence-corrected chi connectivity index (χ3v) is 4.01. The predicted molar refractivity (Wildman–Crippen MR) is 65.4 cm³/mol. The number of carbonyl (C=O) groups excluding carboxylic acids is 2. The fourth-order valence-corrected chi connectivity index (χ4v) is 2.80. The molecule has 0 bridgehead atoms. The molecule has 2 atom stereocenters. The molecule has 0 radical (unpaired) electrons. The maximum atomic E-state index is 12.1. The van der Waals surface area contributed by atoms with E-state index < -0.39 is 0 Å². The minimum atomic E-state index is -0.264. The van der Waals surface area contributed by atoms with Gasteiger partial charge in [-0.05, 0) is 26.2 Å². The smallest absolute Gasteiger partial charge is 0.247 e. The highest BCUT2D eigenvalue weighted by molar-refractivity contribution is 6.05. The molecule has 2 unspecified atom stereocenters. The van der Waals surface area contributed by atoms with Crippen LogP contribution in [0.25, 0.3) is 0 Å². The van der Waals surface area contributed by atoms with E-state index in [1.165, 1.54) is 17.7 Å². The van der Waals surface area contributed by atoms with Crippen molar-refractivity contribution in [1.82, 2.24) is 10.2 Å². The highest BCUT2D eigenvalue weighted by atomic mass is 16.2. The van der Waals surface area contributed by atoms with Gasteiger partial charge in [0.05, 0.1) is 12.5 Å². The van der Waals surface area contributed by atoms with Crippen LogP contribution >= 0.6 is 0 Å². The molecule has 2 rings (SSSR count). The number of hydrogen-bond acceptors (Lipinski definition) is 3. The first-order valence-corrected chi connectivity index (χ1v) is 6.75. The van der Waals surface area contributed by atoms with Gasteiger partial charge in [-0.3, -0.25) is 14.5 Å². The number of rotatable bonds is 4. The molecule has 0 aromatic carbocycles. The van der Waals surface area contributed by atoms with Crippen molar-refractivity contribution in [2.24, 2.45) is 0 Å². The molecule has 1 heterocycles. The van der Waals surface area contributed by atoms with Gasteiger partial charge in [0, 0.05) is 12.1 Å². The summed E-state index contributed by atoms with van der Waals surface area (Å²) in [5.41, 5.74) is 0. The van der Waals surface area contributed by atoms with E-state index in [2.05, 4.69) is 5.32 Å². The minimum absolute atomic E-state index is 0.0140. The van der Waals surface area contributed by atoms with E-state index in [-0.39, 0.29) is 23.9 Å². The lowest BCUT2D eigenvalue weighted by molar-refractivity contribution is -0.141. The summed E-state index contributed by atoms with van der Waals surface area (Å²) < 4.78 is 0. The maximum Gasteiger partial charge on any atom is 0.247 e. The number of amides is 2. The van der Waals surface area contributed by atoms with Gasteiger partial charge >= 0.3 is 0 Å². The summed E-state index contributed by atoms with van der Waals surface area (Å²) in [7, 11) is 0. The summed E-state index contributed by atoms with van der Waals surface area (Å²) in [5.74, 6) is -0.0314. The van der Waals surface area contributed by atoms with Crippen LogP contribution in [0.5, 0.6) is 0 Å². The second-order valence-corrected chi connectivity index (χ2v) is 5.26. The standard InChI is InChI=1S/C13H22N2O2/c1-3-9(2)15-12(16)8-11(13(15)17)14-10-6-4-5-7-10/h9-11,14H,3-8H2,1-2H3. The van der Waals surface area contributed by atoms with Crippen molar-refractivity contribution in [2.45, 2.75) is 70.5 Å². The van der Waals surface area contributed by atoms with Crippen molar-refractivity contribution < 1.29 is 9.59 Å². The van der Waals surface area contributed by atoms with E-state index in [4.69, 9.17) is 0 Å². The van der Waals surface area contributed by atoms with Gasteiger partial charge in [-0.2, -0.15) is 0 Å². The zero-order chi connectivity index (χ0) is 12.4. The number of nitrogens with one attached hydrogen (secondary N) is 1. The van der Waals surface area contributed by atoms with E-state index in [1.54, 1.807) is 0 Å². The van der Waals surface area contributed by atoms with Gasteiger partial charge in [-0.15, -0.1) is 0 Å². The summed E-state index contributed by atoms with van der Waals surface area (Å²) in [6, 6.07) is 0.207. The normalized spacial score (nSPS) is 28.1. The van der Waals surface area contributed by atoms with Gasteiger partial charge in [-0.25, -0.2) is 0 Å². The molecule has 1 saturated carbocycles. The third-order valence-electron chi connectivity index (χ3n) is 4.01. The summed E-state index contributed by atoms with van der Waals surface area (Å²) >= 11 is 0. The molecule has 0 spiro atoms. The van der Waals surface area contributed by atoms with Crippen molar-refractivity contribution in [3.63, 3.8) is 0 Å². The van der Waals surface area contributed by atoms with E-state index in [0.717, 1.165) is 19.3 Å². The predicted octanol–water partition coefficient (Wildman–Crippen LogP) is 1.44. The largest absolute Gasteiger partial charge is 0.303 e. The van der Waals surface area contributed by atoms with Crippen LogP contribution in [0.15, 0.2) is 0 Å². The number of hydrogen-bond donors (Lipinski definition) is 1. The average Bonchev–Trinajstić information content (AvgIpc) is 2.89. The maximum absolute atomic E-state index is 12.1. The first-order valence-electron chi connectivity index (χ1n) is 6.75. The van der Waals surface area contributed by atoms with E-state index in [0.29, 0.717) is 12.5 Å². The molecular formula is C13H22N2O2. The van der Waals surface area contributed by atoms with Crippen molar-refractivity contribution >= 4 is 11.8 Å². The van der Waals surface area contributed by atoms with Crippen molar-refractivity contribution in [2.75, 3.05) is 0 Å². The molecule has 4 heteroatoms. The third kappa shape index (κ3) is 2.51. The molecular weight excluding hydrogens is 216 g/mol. The van der Waals surface area contributed by atoms with Crippen LogP contribution in [-0.2, 0) is 9.59 Å². The Labute approximate surface area is 103 Å². The van der Waals surface area contributed by atoms with E-state index in [9.17, 15) is 9.59 Å². The Bertz CT molecular complexity index is 311. The van der Waals surface area contributed by atoms with Crippen LogP contribution in [0.1, 0.15) is 52.4 Å². The molecule has 2 fully saturated rings. The van der Waals surface area contributed by atoms with Crippen LogP contribution in [0.3, 0.4) is 0 Å². The van der Waals surface area contributed by atoms with Gasteiger partial charge in [0.2, 0.25) is 11.8 Å². The van der Waals surface area contributed by atoms with Crippen LogP contribution in [0, 0.1) is 0 Å². The Hall–Kier alpha value is -0.900. The van der Waals surface area contributed by atoms with Gasteiger partial charge in [0.15, 0.2) is 0 Å². The molecule has 1 aliphatic heterocycles. The van der Waals surface area contributed by atoms with Crippen LogP contribution in [0.2, 0.25) is 0 Å². The quantitative estimate of drug-likeness (QED) is 0.754. The first-order chi connectivity index (χ1) is 8.13. The Morgan fingerprint density at radius 1 is 1.35 bits per heavy atom. The minimum Gasteiger partial charge on any atom is -0.303 e. The molecule has 1 aliphatic carbocycles. The highest BCUT2D eigenvalue weighted by Crippen LogP contribution is 2.22. The van der Waals surface area contributed by atoms with Gasteiger partial charge in [0.1, 0.15) is 0 Å². The lowest BCUT2D eigenvalue weighted by Gasteiger charge is -2.22. The van der Waals surface area contributed by atoms with Crippen molar-refractivity contribution in [1.29, 1.82) is 0 Å². The van der Waals surface area contributed by atoms with Crippen LogP contribution < -0.4 is 5.32 Å². The monoisotopic (exact) mass is 238 g/mol. The number of imide groups is 1. The van der Waals surface area contributed by atoms with Gasteiger partial charge < -0.3 is 5.32 Å². The SMILES string of the molecule is CCC(C)N1C(=O)CC(NC2CCCC2)C1=O. The van der Waals surface area contributed by atoms with Gasteiger partial charge in [-0.1, -0.05) is 19.8 Å². The fourth-order valence-electron chi connectivity index (χ4n) is 2.80. The Morgan fingerprint density at radius 2 is 2.00 bits per heavy atom. The molecule has 4 nitrogen and oxygen atoms in total. The second kappa shape index (κ2) is 5.17. The lowest BCUT2D eigenvalue weighted by atomic mass is 10.2. The zero-order valence-electron chi connectivity index (χ0n) is 10.7. The number of likely N-dealkylation sites (tertiary alicyclic amines) is 1. The average molecular weight is 238 g/mol. The van der Waals surface area contributed by atoms with Crippen LogP contribution in [0.4, 0.5) is 0 Å². The number of carbonyl (C=O) groups is 2. The van der Waals surface area contributed by atoms with Crippen LogP contribution in [-0.4, -0.2) is 34.8 Å². The summed E-state index contributed by atoms with van der Waals surface area (Å²) in [6.07, 6.45) is 5.93. The molecule has 17 heavy (non-hydrogen) atoms. The number of nitrogens with zero attached hydrogens (tertiary/aromatic N) is 1. The molecule has 1 N–H and O–H groups in total. The molecule has 1 saturated heterocycles. The molecule has 0 aromatic heterocycles. The van der Waals surface area contributed by atoms with Gasteiger partial charge in [0.25, 0.3) is 0 Å². The summed E-state index contributed by atoms with van der Waals surface area (Å²) in [5, 5.41) is 3.35. The topological polar surface area (TPSA) is 49.4 Å². The fraction of sp³-hybridized carbons (Fsp3) is 0.846. The lowest BCUT2D eigenvalue weighted by Crippen LogP contribution is -2.45.